The van der Waals surface area contributed by atoms with E-state index in [0.717, 1.165) is 17.3 Å². The average Bonchev–Trinajstić information content (AvgIpc) is 2.75. The highest BCUT2D eigenvalue weighted by Crippen LogP contribution is 2.49. The molecule has 0 saturated heterocycles. The maximum absolute atomic E-state index is 13.3. The quantitative estimate of drug-likeness (QED) is 0.796. The molecule has 2 nitrogen and oxygen atoms in total. The lowest BCUT2D eigenvalue weighted by Crippen LogP contribution is -2.43. The third kappa shape index (κ3) is 2.81. The van der Waals surface area contributed by atoms with Crippen molar-refractivity contribution >= 4 is 11.8 Å². The molecule has 0 bridgehead atoms. The minimum atomic E-state index is -4.47. The lowest BCUT2D eigenvalue weighted by molar-refractivity contribution is -0.120. The molecule has 0 unspecified atom stereocenters. The number of alkyl halides is 3. The standard InChI is InChI=1S/C17H16F3NOS/c1-11-3-5-13(6-4-11)16(22)9-14(17(18,19)20)7-8-15-21(16)12(2)10-23-15/h3-8,10,22H,9H2,1-2H3/t16-/m1/s1. The fourth-order valence-electron chi connectivity index (χ4n) is 2.83. The van der Waals surface area contributed by atoms with Gasteiger partial charge in [0.05, 0.1) is 5.03 Å². The summed E-state index contributed by atoms with van der Waals surface area (Å²) < 4.78 is 39.8. The van der Waals surface area contributed by atoms with Crippen LogP contribution in [0.4, 0.5) is 13.2 Å². The number of nitrogens with zero attached hydrogens (tertiary/aromatic N) is 1. The molecule has 2 aliphatic heterocycles. The average molecular weight is 339 g/mol. The van der Waals surface area contributed by atoms with Crippen molar-refractivity contribution in [1.29, 1.82) is 0 Å². The van der Waals surface area contributed by atoms with Crippen LogP contribution in [0.2, 0.25) is 0 Å². The predicted octanol–water partition coefficient (Wildman–Crippen LogP) is 4.78. The Labute approximate surface area is 137 Å². The summed E-state index contributed by atoms with van der Waals surface area (Å²) in [6.45, 7) is 3.68. The second kappa shape index (κ2) is 5.46. The lowest BCUT2D eigenvalue weighted by atomic mass is 9.92. The Kier molecular flexibility index (Phi) is 3.84. The number of fused-ring (bicyclic) bond motifs is 1. The van der Waals surface area contributed by atoms with E-state index in [9.17, 15) is 18.3 Å². The summed E-state index contributed by atoms with van der Waals surface area (Å²) in [7, 11) is 0. The molecule has 1 aromatic carbocycles. The largest absolute Gasteiger partial charge is 0.412 e. The van der Waals surface area contributed by atoms with E-state index in [1.165, 1.54) is 17.8 Å². The van der Waals surface area contributed by atoms with Gasteiger partial charge >= 0.3 is 6.18 Å². The molecular formula is C17H16F3NOS. The Morgan fingerprint density at radius 1 is 1.13 bits per heavy atom. The predicted molar refractivity (Wildman–Crippen MR) is 85.1 cm³/mol. The van der Waals surface area contributed by atoms with Crippen LogP contribution >= 0.6 is 11.8 Å². The molecule has 1 N–H and O–H groups in total. The van der Waals surface area contributed by atoms with Crippen molar-refractivity contribution in [1.82, 2.24) is 4.90 Å². The number of allylic oxidation sites excluding steroid dienone is 3. The van der Waals surface area contributed by atoms with E-state index in [-0.39, 0.29) is 0 Å². The molecule has 0 aliphatic carbocycles. The number of halogens is 3. The van der Waals surface area contributed by atoms with Crippen LogP contribution in [0, 0.1) is 6.92 Å². The minimum absolute atomic E-state index is 0.446. The summed E-state index contributed by atoms with van der Waals surface area (Å²) in [4.78, 5) is 1.58. The maximum atomic E-state index is 13.3. The van der Waals surface area contributed by atoms with Crippen molar-refractivity contribution in [2.24, 2.45) is 0 Å². The van der Waals surface area contributed by atoms with Crippen molar-refractivity contribution in [3.63, 3.8) is 0 Å². The van der Waals surface area contributed by atoms with Crippen LogP contribution in [0.1, 0.15) is 24.5 Å². The van der Waals surface area contributed by atoms with Crippen LogP contribution in [-0.2, 0) is 5.72 Å². The molecule has 3 rings (SSSR count). The number of rotatable bonds is 1. The van der Waals surface area contributed by atoms with Gasteiger partial charge < -0.3 is 10.0 Å². The number of aliphatic hydroxyl groups is 1. The van der Waals surface area contributed by atoms with E-state index in [2.05, 4.69) is 0 Å². The Morgan fingerprint density at radius 2 is 1.78 bits per heavy atom. The van der Waals surface area contributed by atoms with Gasteiger partial charge in [-0.05, 0) is 25.3 Å². The molecular weight excluding hydrogens is 323 g/mol. The highest BCUT2D eigenvalue weighted by Gasteiger charge is 2.47. The SMILES string of the molecule is CC1=CSC2=CC=C(C(F)(F)F)C[C@@](O)(c3ccc(C)cc3)N12. The molecule has 1 atom stereocenters. The first-order valence-electron chi connectivity index (χ1n) is 7.13. The molecule has 0 fully saturated rings. The van der Waals surface area contributed by atoms with Crippen molar-refractivity contribution in [3.05, 3.63) is 69.3 Å². The summed E-state index contributed by atoms with van der Waals surface area (Å²) in [5.74, 6) is 0. The first-order chi connectivity index (χ1) is 10.7. The number of thioether (sulfide) groups is 1. The Morgan fingerprint density at radius 3 is 2.39 bits per heavy atom. The van der Waals surface area contributed by atoms with Gasteiger partial charge in [0.25, 0.3) is 0 Å². The van der Waals surface area contributed by atoms with Gasteiger partial charge in [-0.3, -0.25) is 0 Å². The van der Waals surface area contributed by atoms with Gasteiger partial charge in [0.2, 0.25) is 0 Å². The maximum Gasteiger partial charge on any atom is 0.412 e. The second-order valence-corrected chi connectivity index (χ2v) is 6.66. The molecule has 0 amide bonds. The van der Waals surface area contributed by atoms with Crippen LogP contribution < -0.4 is 0 Å². The van der Waals surface area contributed by atoms with E-state index in [4.69, 9.17) is 0 Å². The summed E-state index contributed by atoms with van der Waals surface area (Å²) in [6, 6.07) is 6.95. The molecule has 6 heteroatoms. The third-order valence-corrected chi connectivity index (χ3v) is 5.05. The smallest absolute Gasteiger partial charge is 0.366 e. The highest BCUT2D eigenvalue weighted by atomic mass is 32.2. The first-order valence-corrected chi connectivity index (χ1v) is 8.01. The normalized spacial score (nSPS) is 24.6. The van der Waals surface area contributed by atoms with Crippen molar-refractivity contribution in [2.75, 3.05) is 0 Å². The number of hydrogen-bond donors (Lipinski definition) is 1. The summed E-state index contributed by atoms with van der Waals surface area (Å²) >= 11 is 1.31. The first kappa shape index (κ1) is 16.2. The van der Waals surface area contributed by atoms with Crippen molar-refractivity contribution in [2.45, 2.75) is 32.2 Å². The zero-order valence-corrected chi connectivity index (χ0v) is 13.5. The van der Waals surface area contributed by atoms with Crippen LogP contribution in [-0.4, -0.2) is 16.2 Å². The Balaban J connectivity index is 2.14. The van der Waals surface area contributed by atoms with Gasteiger partial charge in [0.15, 0.2) is 5.72 Å². The molecule has 0 saturated carbocycles. The molecule has 0 radical (unpaired) electrons. The van der Waals surface area contributed by atoms with E-state index < -0.39 is 23.9 Å². The van der Waals surface area contributed by atoms with Gasteiger partial charge in [-0.15, -0.1) is 0 Å². The minimum Gasteiger partial charge on any atom is -0.366 e. The zero-order chi connectivity index (χ0) is 16.8. The van der Waals surface area contributed by atoms with Crippen LogP contribution in [0.5, 0.6) is 0 Å². The number of benzene rings is 1. The van der Waals surface area contributed by atoms with Crippen LogP contribution in [0.3, 0.4) is 0 Å². The second-order valence-electron chi connectivity index (χ2n) is 5.77. The number of hydrogen-bond acceptors (Lipinski definition) is 3. The topological polar surface area (TPSA) is 23.5 Å². The summed E-state index contributed by atoms with van der Waals surface area (Å²) in [5.41, 5.74) is -0.351. The fourth-order valence-corrected chi connectivity index (χ4v) is 3.78. The Bertz CT molecular complexity index is 718. The monoisotopic (exact) mass is 339 g/mol. The molecule has 23 heavy (non-hydrogen) atoms. The van der Waals surface area contributed by atoms with Gasteiger partial charge in [-0.2, -0.15) is 13.2 Å². The Hall–Kier alpha value is -1.66. The van der Waals surface area contributed by atoms with Crippen molar-refractivity contribution < 1.29 is 18.3 Å². The summed E-state index contributed by atoms with van der Waals surface area (Å²) in [6.07, 6.45) is -2.51. The molecule has 0 spiro atoms. The molecule has 0 aromatic heterocycles. The highest BCUT2D eigenvalue weighted by molar-refractivity contribution is 8.06. The van der Waals surface area contributed by atoms with Crippen molar-refractivity contribution in [3.8, 4) is 0 Å². The molecule has 122 valence electrons. The van der Waals surface area contributed by atoms with Crippen LogP contribution in [0.15, 0.2) is 58.1 Å². The van der Waals surface area contributed by atoms with E-state index >= 15 is 0 Å². The van der Waals surface area contributed by atoms with E-state index in [1.54, 1.807) is 36.1 Å². The molecule has 2 heterocycles. The number of aryl methyl sites for hydroxylation is 1. The van der Waals surface area contributed by atoms with Gasteiger partial charge in [0, 0.05) is 23.3 Å². The van der Waals surface area contributed by atoms with Crippen LogP contribution in [0.25, 0.3) is 0 Å². The van der Waals surface area contributed by atoms with E-state index in [0.29, 0.717) is 10.6 Å². The summed E-state index contributed by atoms with van der Waals surface area (Å²) in [5, 5.41) is 13.7. The zero-order valence-electron chi connectivity index (χ0n) is 12.7. The lowest BCUT2D eigenvalue weighted by Gasteiger charge is -2.40. The van der Waals surface area contributed by atoms with Gasteiger partial charge in [-0.1, -0.05) is 47.7 Å². The third-order valence-electron chi connectivity index (χ3n) is 4.04. The van der Waals surface area contributed by atoms with Gasteiger partial charge in [0.1, 0.15) is 0 Å². The van der Waals surface area contributed by atoms with E-state index in [1.807, 2.05) is 12.3 Å². The van der Waals surface area contributed by atoms with Gasteiger partial charge in [-0.25, -0.2) is 0 Å². The molecule has 2 aliphatic rings. The fraction of sp³-hybridized carbons (Fsp3) is 0.294. The molecule has 1 aromatic rings.